The molecule has 1 N–H and O–H groups in total. The molecule has 0 aliphatic carbocycles. The average Bonchev–Trinajstić information content (AvgIpc) is 3.08. The van der Waals surface area contributed by atoms with Gasteiger partial charge < -0.3 is 10.1 Å². The van der Waals surface area contributed by atoms with E-state index in [4.69, 9.17) is 4.74 Å². The summed E-state index contributed by atoms with van der Waals surface area (Å²) in [4.78, 5) is 11.9. The zero-order valence-corrected chi connectivity index (χ0v) is 12.5. The number of anilines is 1. The van der Waals surface area contributed by atoms with Crippen LogP contribution in [0.15, 0.2) is 54.9 Å². The summed E-state index contributed by atoms with van der Waals surface area (Å²) in [5.41, 5.74) is 2.57. The Morgan fingerprint density at radius 3 is 2.74 bits per heavy atom. The molecule has 116 valence electrons. The van der Waals surface area contributed by atoms with E-state index in [-0.39, 0.29) is 12.5 Å². The summed E-state index contributed by atoms with van der Waals surface area (Å²) in [5, 5.41) is 13.7. The number of hydrogen-bond donors (Lipinski definition) is 1. The number of nitrogens with zero attached hydrogens (tertiary/aromatic N) is 4. The van der Waals surface area contributed by atoms with Crippen LogP contribution < -0.4 is 10.1 Å². The molecule has 23 heavy (non-hydrogen) atoms. The van der Waals surface area contributed by atoms with Gasteiger partial charge in [-0.1, -0.05) is 12.1 Å². The third-order valence-electron chi connectivity index (χ3n) is 3.12. The van der Waals surface area contributed by atoms with Gasteiger partial charge in [0, 0.05) is 5.69 Å². The smallest absolute Gasteiger partial charge is 0.262 e. The van der Waals surface area contributed by atoms with Crippen molar-refractivity contribution in [1.29, 1.82) is 0 Å². The fourth-order valence-electron chi connectivity index (χ4n) is 2.03. The van der Waals surface area contributed by atoms with Crippen LogP contribution >= 0.6 is 0 Å². The summed E-state index contributed by atoms with van der Waals surface area (Å²) in [6, 6.07) is 14.7. The first kappa shape index (κ1) is 14.7. The Kier molecular flexibility index (Phi) is 4.28. The number of carbonyl (C=O) groups excluding carboxylic acids is 1. The Morgan fingerprint density at radius 2 is 2.04 bits per heavy atom. The van der Waals surface area contributed by atoms with Gasteiger partial charge in [0.1, 0.15) is 12.1 Å². The van der Waals surface area contributed by atoms with Gasteiger partial charge in [-0.3, -0.25) is 4.79 Å². The zero-order chi connectivity index (χ0) is 16.1. The fourth-order valence-corrected chi connectivity index (χ4v) is 2.03. The lowest BCUT2D eigenvalue weighted by atomic mass is 10.2. The predicted octanol–water partition coefficient (Wildman–Crippen LogP) is 1.99. The molecule has 1 amide bonds. The van der Waals surface area contributed by atoms with Crippen LogP contribution in [0.1, 0.15) is 5.56 Å². The number of nitrogens with one attached hydrogen (secondary N) is 1. The lowest BCUT2D eigenvalue weighted by molar-refractivity contribution is -0.118. The second kappa shape index (κ2) is 6.69. The van der Waals surface area contributed by atoms with Gasteiger partial charge in [-0.15, -0.1) is 5.10 Å². The molecule has 0 saturated heterocycles. The van der Waals surface area contributed by atoms with Crippen molar-refractivity contribution in [2.75, 3.05) is 11.9 Å². The number of benzene rings is 2. The molecule has 2 aromatic carbocycles. The second-order valence-electron chi connectivity index (χ2n) is 4.95. The second-order valence-corrected chi connectivity index (χ2v) is 4.95. The van der Waals surface area contributed by atoms with Gasteiger partial charge >= 0.3 is 0 Å². The summed E-state index contributed by atoms with van der Waals surface area (Å²) >= 11 is 0. The molecular formula is C16H15N5O2. The Morgan fingerprint density at radius 1 is 1.22 bits per heavy atom. The third-order valence-corrected chi connectivity index (χ3v) is 3.12. The van der Waals surface area contributed by atoms with Crippen LogP contribution in [0.25, 0.3) is 5.69 Å². The van der Waals surface area contributed by atoms with Crippen molar-refractivity contribution in [3.8, 4) is 11.4 Å². The molecule has 0 radical (unpaired) electrons. The highest BCUT2D eigenvalue weighted by molar-refractivity contribution is 5.91. The van der Waals surface area contributed by atoms with Crippen LogP contribution in [0, 0.1) is 6.92 Å². The molecule has 0 unspecified atom stereocenters. The summed E-state index contributed by atoms with van der Waals surface area (Å²) in [7, 11) is 0. The highest BCUT2D eigenvalue weighted by Gasteiger charge is 2.05. The van der Waals surface area contributed by atoms with Gasteiger partial charge in [-0.05, 0) is 59.3 Å². The predicted molar refractivity (Wildman–Crippen MR) is 84.5 cm³/mol. The minimum Gasteiger partial charge on any atom is -0.484 e. The summed E-state index contributed by atoms with van der Waals surface area (Å²) in [6.45, 7) is 1.93. The first-order valence-corrected chi connectivity index (χ1v) is 7.03. The molecule has 3 rings (SSSR count). The molecule has 0 spiro atoms. The molecule has 0 atom stereocenters. The quantitative estimate of drug-likeness (QED) is 0.779. The number of hydrogen-bond acceptors (Lipinski definition) is 5. The van der Waals surface area contributed by atoms with E-state index in [0.717, 1.165) is 11.3 Å². The zero-order valence-electron chi connectivity index (χ0n) is 12.5. The maximum Gasteiger partial charge on any atom is 0.262 e. The van der Waals surface area contributed by atoms with E-state index in [1.807, 2.05) is 43.3 Å². The monoisotopic (exact) mass is 309 g/mol. The first-order valence-electron chi connectivity index (χ1n) is 7.03. The van der Waals surface area contributed by atoms with Crippen molar-refractivity contribution in [2.45, 2.75) is 6.92 Å². The van der Waals surface area contributed by atoms with Crippen LogP contribution in [0.2, 0.25) is 0 Å². The molecule has 0 aliphatic heterocycles. The van der Waals surface area contributed by atoms with E-state index >= 15 is 0 Å². The first-order chi connectivity index (χ1) is 11.2. The van der Waals surface area contributed by atoms with Crippen molar-refractivity contribution < 1.29 is 9.53 Å². The van der Waals surface area contributed by atoms with Crippen LogP contribution in [-0.2, 0) is 4.79 Å². The topological polar surface area (TPSA) is 81.9 Å². The van der Waals surface area contributed by atoms with Crippen molar-refractivity contribution in [3.63, 3.8) is 0 Å². The Hall–Kier alpha value is -3.22. The van der Waals surface area contributed by atoms with E-state index in [1.165, 1.54) is 11.0 Å². The molecule has 1 aromatic heterocycles. The lowest BCUT2D eigenvalue weighted by Gasteiger charge is -2.08. The van der Waals surface area contributed by atoms with E-state index in [1.54, 1.807) is 12.1 Å². The number of rotatable bonds is 5. The molecule has 0 bridgehead atoms. The van der Waals surface area contributed by atoms with Gasteiger partial charge in [-0.25, -0.2) is 4.68 Å². The maximum absolute atomic E-state index is 11.9. The van der Waals surface area contributed by atoms with Gasteiger partial charge in [0.05, 0.1) is 5.69 Å². The summed E-state index contributed by atoms with van der Waals surface area (Å²) in [5.74, 6) is 0.454. The van der Waals surface area contributed by atoms with E-state index in [9.17, 15) is 4.79 Å². The molecule has 0 aliphatic rings. The minimum absolute atomic E-state index is 0.0435. The third kappa shape index (κ3) is 3.91. The van der Waals surface area contributed by atoms with Gasteiger partial charge in [0.2, 0.25) is 0 Å². The molecule has 0 fully saturated rings. The van der Waals surface area contributed by atoms with Gasteiger partial charge in [-0.2, -0.15) is 0 Å². The van der Waals surface area contributed by atoms with Crippen molar-refractivity contribution in [3.05, 3.63) is 60.4 Å². The molecule has 7 nitrogen and oxygen atoms in total. The SMILES string of the molecule is Cc1cccc(OCC(=O)Nc2ccc(-n3cnnn3)cc2)c1. The number of carbonyl (C=O) groups is 1. The number of aryl methyl sites for hydroxylation is 1. The summed E-state index contributed by atoms with van der Waals surface area (Å²) < 4.78 is 6.99. The Balaban J connectivity index is 1.55. The average molecular weight is 309 g/mol. The van der Waals surface area contributed by atoms with Crippen LogP contribution in [0.5, 0.6) is 5.75 Å². The number of tetrazole rings is 1. The number of amides is 1. The normalized spacial score (nSPS) is 10.3. The van der Waals surface area contributed by atoms with E-state index in [0.29, 0.717) is 11.4 Å². The largest absolute Gasteiger partial charge is 0.484 e. The Labute approximate surface area is 132 Å². The van der Waals surface area contributed by atoms with Crippen molar-refractivity contribution in [2.24, 2.45) is 0 Å². The van der Waals surface area contributed by atoms with Crippen molar-refractivity contribution in [1.82, 2.24) is 20.2 Å². The molecular weight excluding hydrogens is 294 g/mol. The van der Waals surface area contributed by atoms with Gasteiger partial charge in [0.25, 0.3) is 5.91 Å². The van der Waals surface area contributed by atoms with Crippen LogP contribution in [0.3, 0.4) is 0 Å². The Bertz CT molecular complexity index is 784. The lowest BCUT2D eigenvalue weighted by Crippen LogP contribution is -2.20. The fraction of sp³-hybridized carbons (Fsp3) is 0.125. The standard InChI is InChI=1S/C16H15N5O2/c1-12-3-2-4-15(9-12)23-10-16(22)18-13-5-7-14(8-6-13)21-11-17-19-20-21/h2-9,11H,10H2,1H3,(H,18,22). The van der Waals surface area contributed by atoms with E-state index in [2.05, 4.69) is 20.8 Å². The van der Waals surface area contributed by atoms with Crippen LogP contribution in [0.4, 0.5) is 5.69 Å². The summed E-state index contributed by atoms with van der Waals surface area (Å²) in [6.07, 6.45) is 1.50. The number of aromatic nitrogens is 4. The molecule has 3 aromatic rings. The van der Waals surface area contributed by atoms with E-state index < -0.39 is 0 Å². The highest BCUT2D eigenvalue weighted by Crippen LogP contribution is 2.14. The van der Waals surface area contributed by atoms with Crippen molar-refractivity contribution >= 4 is 11.6 Å². The maximum atomic E-state index is 11.9. The number of ether oxygens (including phenoxy) is 1. The van der Waals surface area contributed by atoms with Crippen LogP contribution in [-0.4, -0.2) is 32.7 Å². The molecule has 7 heteroatoms. The highest BCUT2D eigenvalue weighted by atomic mass is 16.5. The minimum atomic E-state index is -0.221. The molecule has 1 heterocycles. The van der Waals surface area contributed by atoms with Gasteiger partial charge in [0.15, 0.2) is 6.61 Å². The molecule has 0 saturated carbocycles.